The van der Waals surface area contributed by atoms with Gasteiger partial charge in [-0.25, -0.2) is 0 Å². The highest BCUT2D eigenvalue weighted by molar-refractivity contribution is 9.10. The first-order valence-corrected chi connectivity index (χ1v) is 7.44. The Morgan fingerprint density at radius 3 is 2.00 bits per heavy atom. The maximum Gasteiger partial charge on any atom is 0.233 e. The summed E-state index contributed by atoms with van der Waals surface area (Å²) in [6.07, 6.45) is 8.01. The second-order valence-corrected chi connectivity index (χ2v) is 7.68. The minimum Gasteiger partial charge on any atom is -0.350 e. The van der Waals surface area contributed by atoms with Crippen molar-refractivity contribution in [2.75, 3.05) is 0 Å². The average molecular weight is 286 g/mol. The van der Waals surface area contributed by atoms with Gasteiger partial charge in [-0.05, 0) is 63.2 Å². The largest absolute Gasteiger partial charge is 0.350 e. The number of amides is 1. The molecule has 90 valence electrons. The Hall–Kier alpha value is -0.0500. The average Bonchev–Trinajstić information content (AvgIpc) is 2.13. The molecule has 0 aliphatic heterocycles. The molecule has 4 bridgehead atoms. The van der Waals surface area contributed by atoms with Gasteiger partial charge in [0.05, 0.1) is 4.83 Å². The number of carbonyl (C=O) groups excluding carboxylic acids is 1. The number of hydrogen-bond donors (Lipinski definition) is 1. The number of alkyl halides is 1. The predicted octanol–water partition coefficient (Wildman–Crippen LogP) is 2.85. The van der Waals surface area contributed by atoms with Crippen LogP contribution in [0.25, 0.3) is 0 Å². The zero-order valence-corrected chi connectivity index (χ0v) is 11.4. The van der Waals surface area contributed by atoms with Gasteiger partial charge in [-0.1, -0.05) is 15.9 Å². The molecule has 0 saturated heterocycles. The smallest absolute Gasteiger partial charge is 0.233 e. The SMILES string of the molecule is CC(Br)C(=O)NC12CC3CC(CC(C3)C1)C2. The van der Waals surface area contributed by atoms with Crippen molar-refractivity contribution in [1.29, 1.82) is 0 Å². The fourth-order valence-corrected chi connectivity index (χ4v) is 4.74. The van der Waals surface area contributed by atoms with Gasteiger partial charge >= 0.3 is 0 Å². The molecule has 0 aromatic carbocycles. The van der Waals surface area contributed by atoms with E-state index in [1.807, 2.05) is 6.92 Å². The van der Waals surface area contributed by atoms with Crippen molar-refractivity contribution >= 4 is 21.8 Å². The molecule has 4 rings (SSSR count). The van der Waals surface area contributed by atoms with Crippen molar-refractivity contribution in [3.63, 3.8) is 0 Å². The highest BCUT2D eigenvalue weighted by atomic mass is 79.9. The van der Waals surface area contributed by atoms with Crippen LogP contribution in [0.1, 0.15) is 45.4 Å². The number of nitrogens with one attached hydrogen (secondary N) is 1. The van der Waals surface area contributed by atoms with E-state index in [1.165, 1.54) is 38.5 Å². The van der Waals surface area contributed by atoms with Crippen LogP contribution in [0.4, 0.5) is 0 Å². The third kappa shape index (κ3) is 1.81. The van der Waals surface area contributed by atoms with Gasteiger partial charge < -0.3 is 5.32 Å². The van der Waals surface area contributed by atoms with Crippen LogP contribution in [-0.2, 0) is 4.79 Å². The van der Waals surface area contributed by atoms with Gasteiger partial charge in [0.15, 0.2) is 0 Å². The van der Waals surface area contributed by atoms with E-state index in [9.17, 15) is 4.79 Å². The third-order valence-electron chi connectivity index (χ3n) is 4.79. The van der Waals surface area contributed by atoms with Gasteiger partial charge in [0.1, 0.15) is 0 Å². The summed E-state index contributed by atoms with van der Waals surface area (Å²) in [7, 11) is 0. The number of halogens is 1. The molecule has 4 saturated carbocycles. The molecule has 16 heavy (non-hydrogen) atoms. The summed E-state index contributed by atoms with van der Waals surface area (Å²) in [5, 5.41) is 3.34. The molecule has 1 atom stereocenters. The van der Waals surface area contributed by atoms with Gasteiger partial charge in [0, 0.05) is 5.54 Å². The Labute approximate surface area is 106 Å². The Morgan fingerprint density at radius 2 is 1.62 bits per heavy atom. The summed E-state index contributed by atoms with van der Waals surface area (Å²) in [5.74, 6) is 2.88. The molecule has 0 heterocycles. The lowest BCUT2D eigenvalue weighted by atomic mass is 9.53. The second kappa shape index (κ2) is 3.72. The molecule has 0 spiro atoms. The Kier molecular flexibility index (Phi) is 2.58. The van der Waals surface area contributed by atoms with Crippen LogP contribution in [0.5, 0.6) is 0 Å². The minimum atomic E-state index is -0.0551. The van der Waals surface area contributed by atoms with E-state index < -0.39 is 0 Å². The molecule has 3 heteroatoms. The molecule has 4 aliphatic rings. The van der Waals surface area contributed by atoms with E-state index in [0.717, 1.165) is 17.8 Å². The minimum absolute atomic E-state index is 0.0551. The highest BCUT2D eigenvalue weighted by Crippen LogP contribution is 2.55. The van der Waals surface area contributed by atoms with Crippen LogP contribution in [-0.4, -0.2) is 16.3 Å². The van der Waals surface area contributed by atoms with Gasteiger partial charge in [0.2, 0.25) is 5.91 Å². The summed E-state index contributed by atoms with van der Waals surface area (Å²) in [5.41, 5.74) is 0.174. The van der Waals surface area contributed by atoms with E-state index in [4.69, 9.17) is 0 Å². The van der Waals surface area contributed by atoms with E-state index in [-0.39, 0.29) is 16.3 Å². The number of hydrogen-bond acceptors (Lipinski definition) is 1. The van der Waals surface area contributed by atoms with E-state index in [2.05, 4.69) is 21.2 Å². The fraction of sp³-hybridized carbons (Fsp3) is 0.923. The van der Waals surface area contributed by atoms with Gasteiger partial charge in [-0.2, -0.15) is 0 Å². The first-order valence-electron chi connectivity index (χ1n) is 6.52. The number of carbonyl (C=O) groups is 1. The normalized spacial score (nSPS) is 46.8. The van der Waals surface area contributed by atoms with Crippen LogP contribution in [0.3, 0.4) is 0 Å². The van der Waals surface area contributed by atoms with E-state index >= 15 is 0 Å². The zero-order chi connectivity index (χ0) is 11.3. The fourth-order valence-electron chi connectivity index (χ4n) is 4.62. The summed E-state index contributed by atoms with van der Waals surface area (Å²) < 4.78 is 0. The molecule has 1 N–H and O–H groups in total. The van der Waals surface area contributed by atoms with Crippen LogP contribution in [0.2, 0.25) is 0 Å². The van der Waals surface area contributed by atoms with Crippen LogP contribution in [0, 0.1) is 17.8 Å². The molecule has 1 unspecified atom stereocenters. The standard InChI is InChI=1S/C13H20BrNO/c1-8(14)12(16)15-13-5-9-2-10(6-13)4-11(3-9)7-13/h8-11H,2-7H2,1H3,(H,15,16). The van der Waals surface area contributed by atoms with Crippen molar-refractivity contribution < 1.29 is 4.79 Å². The lowest BCUT2D eigenvalue weighted by Gasteiger charge is -2.57. The molecule has 1 amide bonds. The molecule has 4 fully saturated rings. The Morgan fingerprint density at radius 1 is 1.19 bits per heavy atom. The van der Waals surface area contributed by atoms with E-state index in [1.54, 1.807) is 0 Å². The molecular weight excluding hydrogens is 266 g/mol. The quantitative estimate of drug-likeness (QED) is 0.777. The number of rotatable bonds is 2. The Bertz CT molecular complexity index is 278. The summed E-state index contributed by atoms with van der Waals surface area (Å²) >= 11 is 3.37. The van der Waals surface area contributed by atoms with Gasteiger partial charge in [-0.15, -0.1) is 0 Å². The first-order chi connectivity index (χ1) is 7.56. The van der Waals surface area contributed by atoms with Crippen LogP contribution in [0.15, 0.2) is 0 Å². The lowest BCUT2D eigenvalue weighted by Crippen LogP contribution is -2.60. The van der Waals surface area contributed by atoms with Gasteiger partial charge in [0.25, 0.3) is 0 Å². The summed E-state index contributed by atoms with van der Waals surface area (Å²) in [6.45, 7) is 1.91. The first kappa shape index (κ1) is 11.1. The predicted molar refractivity (Wildman–Crippen MR) is 67.4 cm³/mol. The second-order valence-electron chi connectivity index (χ2n) is 6.30. The molecule has 0 radical (unpaired) electrons. The van der Waals surface area contributed by atoms with Crippen molar-refractivity contribution in [3.8, 4) is 0 Å². The van der Waals surface area contributed by atoms with Crippen molar-refractivity contribution in [1.82, 2.24) is 5.32 Å². The van der Waals surface area contributed by atoms with Crippen LogP contribution >= 0.6 is 15.9 Å². The third-order valence-corrected chi connectivity index (χ3v) is 5.20. The molecule has 4 aliphatic carbocycles. The van der Waals surface area contributed by atoms with E-state index in [0.29, 0.717) is 0 Å². The van der Waals surface area contributed by atoms with Crippen LogP contribution < -0.4 is 5.32 Å². The molecule has 0 aromatic rings. The molecule has 2 nitrogen and oxygen atoms in total. The van der Waals surface area contributed by atoms with Crippen molar-refractivity contribution in [3.05, 3.63) is 0 Å². The Balaban J connectivity index is 1.76. The molecule has 0 aromatic heterocycles. The summed E-state index contributed by atoms with van der Waals surface area (Å²) in [6, 6.07) is 0. The van der Waals surface area contributed by atoms with Gasteiger partial charge in [-0.3, -0.25) is 4.79 Å². The van der Waals surface area contributed by atoms with Crippen molar-refractivity contribution in [2.24, 2.45) is 17.8 Å². The maximum absolute atomic E-state index is 11.9. The van der Waals surface area contributed by atoms with Crippen molar-refractivity contribution in [2.45, 2.75) is 55.8 Å². The maximum atomic E-state index is 11.9. The highest BCUT2D eigenvalue weighted by Gasteiger charge is 2.51. The zero-order valence-electron chi connectivity index (χ0n) is 9.84. The molecular formula is C13H20BrNO. The monoisotopic (exact) mass is 285 g/mol. The summed E-state index contributed by atoms with van der Waals surface area (Å²) in [4.78, 5) is 11.8. The lowest BCUT2D eigenvalue weighted by molar-refractivity contribution is -0.125. The topological polar surface area (TPSA) is 29.1 Å².